The summed E-state index contributed by atoms with van der Waals surface area (Å²) in [5, 5.41) is 11.5. The van der Waals surface area contributed by atoms with Gasteiger partial charge in [0, 0.05) is 11.6 Å². The standard InChI is InChI=1S/C20H17FN2O2S2/c21-16-7-5-14(6-8-16)11-22-20(26)18(19(25)17-4-2-10-27-17)23-9-1-3-15(12-23)13-24/h1-10,12,18,24H,11,13H2/t18-/m1/s1. The summed E-state index contributed by atoms with van der Waals surface area (Å²) >= 11 is 6.81. The second-order valence-electron chi connectivity index (χ2n) is 5.84. The van der Waals surface area contributed by atoms with Crippen molar-refractivity contribution in [2.24, 2.45) is 4.99 Å². The number of hydrogen-bond acceptors (Lipinski definition) is 5. The molecular weight excluding hydrogens is 383 g/mol. The monoisotopic (exact) mass is 400 g/mol. The number of Topliss-reactive ketones (excluding diaryl/α,β-unsaturated/α-hetero) is 1. The number of aliphatic hydroxyl groups excluding tert-OH is 1. The second-order valence-corrected chi connectivity index (χ2v) is 7.21. The van der Waals surface area contributed by atoms with Gasteiger partial charge in [-0.05, 0) is 40.3 Å². The van der Waals surface area contributed by atoms with E-state index in [0.29, 0.717) is 10.4 Å². The van der Waals surface area contributed by atoms with Gasteiger partial charge in [0.25, 0.3) is 0 Å². The molecule has 2 aromatic heterocycles. The summed E-state index contributed by atoms with van der Waals surface area (Å²) in [6, 6.07) is 12.3. The molecule has 0 fully saturated rings. The van der Waals surface area contributed by atoms with Crippen LogP contribution < -0.4 is 4.57 Å². The van der Waals surface area contributed by atoms with Gasteiger partial charge >= 0.3 is 0 Å². The summed E-state index contributed by atoms with van der Waals surface area (Å²) in [7, 11) is 0. The van der Waals surface area contributed by atoms with Crippen LogP contribution >= 0.6 is 11.3 Å². The van der Waals surface area contributed by atoms with Crippen molar-refractivity contribution in [2.75, 3.05) is 0 Å². The lowest BCUT2D eigenvalue weighted by Crippen LogP contribution is -2.47. The Balaban J connectivity index is 1.93. The Morgan fingerprint density at radius 2 is 1.96 bits per heavy atom. The SMILES string of the molecule is O=C(c1cccs1)[C@H](C([S-])=NCc1ccc(F)cc1)[n+]1cccc(CO)c1. The van der Waals surface area contributed by atoms with Crippen molar-refractivity contribution >= 4 is 34.8 Å². The van der Waals surface area contributed by atoms with Crippen LogP contribution in [0.5, 0.6) is 0 Å². The number of nitrogens with zero attached hydrogens (tertiary/aromatic N) is 2. The second kappa shape index (κ2) is 8.94. The third-order valence-corrected chi connectivity index (χ3v) is 5.18. The van der Waals surface area contributed by atoms with Gasteiger partial charge in [0.15, 0.2) is 12.4 Å². The van der Waals surface area contributed by atoms with Crippen LogP contribution in [0.4, 0.5) is 4.39 Å². The highest BCUT2D eigenvalue weighted by Gasteiger charge is 2.29. The number of pyridine rings is 1. The maximum absolute atomic E-state index is 13.0. The number of aliphatic hydroxyl groups is 1. The number of benzene rings is 1. The van der Waals surface area contributed by atoms with Crippen LogP contribution in [0.25, 0.3) is 0 Å². The quantitative estimate of drug-likeness (QED) is 0.218. The van der Waals surface area contributed by atoms with Gasteiger partial charge in [0.1, 0.15) is 5.82 Å². The van der Waals surface area contributed by atoms with E-state index < -0.39 is 6.04 Å². The number of ketones is 1. The van der Waals surface area contributed by atoms with Gasteiger partial charge < -0.3 is 22.7 Å². The van der Waals surface area contributed by atoms with Crippen molar-refractivity contribution in [1.82, 2.24) is 0 Å². The molecule has 0 aliphatic heterocycles. The van der Waals surface area contributed by atoms with Crippen molar-refractivity contribution in [3.8, 4) is 0 Å². The lowest BCUT2D eigenvalue weighted by atomic mass is 10.1. The molecule has 0 bridgehead atoms. The molecule has 0 aliphatic rings. The average molecular weight is 401 g/mol. The first-order valence-electron chi connectivity index (χ1n) is 8.22. The Hall–Kier alpha value is -2.48. The summed E-state index contributed by atoms with van der Waals surface area (Å²) in [5.41, 5.74) is 1.47. The van der Waals surface area contributed by atoms with Crippen LogP contribution in [0.2, 0.25) is 0 Å². The van der Waals surface area contributed by atoms with Gasteiger partial charge in [-0.15, -0.1) is 11.3 Å². The molecule has 1 aromatic carbocycles. The van der Waals surface area contributed by atoms with Gasteiger partial charge in [0.2, 0.25) is 11.8 Å². The third-order valence-electron chi connectivity index (χ3n) is 3.94. The molecule has 0 saturated carbocycles. The number of rotatable bonds is 7. The molecule has 0 spiro atoms. The lowest BCUT2D eigenvalue weighted by Gasteiger charge is -2.18. The lowest BCUT2D eigenvalue weighted by molar-refractivity contribution is -0.692. The molecule has 138 valence electrons. The van der Waals surface area contributed by atoms with E-state index in [4.69, 9.17) is 12.6 Å². The van der Waals surface area contributed by atoms with Gasteiger partial charge in [-0.2, -0.15) is 4.57 Å². The summed E-state index contributed by atoms with van der Waals surface area (Å²) in [6.45, 7) is 0.119. The van der Waals surface area contributed by atoms with E-state index in [1.165, 1.54) is 23.5 Å². The number of thiophene rings is 1. The highest BCUT2D eigenvalue weighted by molar-refractivity contribution is 7.77. The van der Waals surface area contributed by atoms with Crippen LogP contribution in [0, 0.1) is 5.82 Å². The molecule has 0 aliphatic carbocycles. The molecule has 2 heterocycles. The van der Waals surface area contributed by atoms with Crippen molar-refractivity contribution in [2.45, 2.75) is 19.2 Å². The number of aliphatic imine (C=N–C) groups is 1. The first-order chi connectivity index (χ1) is 13.1. The predicted molar refractivity (Wildman–Crippen MR) is 105 cm³/mol. The Morgan fingerprint density at radius 1 is 1.19 bits per heavy atom. The minimum Gasteiger partial charge on any atom is -0.758 e. The van der Waals surface area contributed by atoms with Crippen molar-refractivity contribution in [3.63, 3.8) is 0 Å². The highest BCUT2D eigenvalue weighted by Crippen LogP contribution is 2.17. The molecule has 3 aromatic rings. The normalized spacial score (nSPS) is 12.7. The van der Waals surface area contributed by atoms with E-state index in [2.05, 4.69) is 4.99 Å². The Kier molecular flexibility index (Phi) is 6.39. The number of halogens is 1. The van der Waals surface area contributed by atoms with E-state index in [-0.39, 0.29) is 29.8 Å². The topological polar surface area (TPSA) is 53.5 Å². The molecule has 1 atom stereocenters. The minimum atomic E-state index is -0.786. The van der Waals surface area contributed by atoms with Crippen molar-refractivity contribution in [3.05, 3.63) is 88.1 Å². The molecule has 27 heavy (non-hydrogen) atoms. The maximum Gasteiger partial charge on any atom is 0.244 e. The van der Waals surface area contributed by atoms with E-state index in [0.717, 1.165) is 5.56 Å². The van der Waals surface area contributed by atoms with Gasteiger partial charge in [-0.25, -0.2) is 4.39 Å². The van der Waals surface area contributed by atoms with Gasteiger partial charge in [-0.3, -0.25) is 4.79 Å². The fourth-order valence-corrected chi connectivity index (χ4v) is 3.55. The molecule has 7 heteroatoms. The first kappa shape index (κ1) is 19.3. The van der Waals surface area contributed by atoms with Crippen LogP contribution in [-0.4, -0.2) is 15.9 Å². The average Bonchev–Trinajstić information content (AvgIpc) is 3.23. The number of hydrogen-bond donors (Lipinski definition) is 1. The summed E-state index contributed by atoms with van der Waals surface area (Å²) in [4.78, 5) is 18.0. The molecule has 3 rings (SSSR count). The number of aromatic nitrogens is 1. The fraction of sp³-hybridized carbons (Fsp3) is 0.150. The Labute approximate surface area is 166 Å². The third kappa shape index (κ3) is 4.82. The van der Waals surface area contributed by atoms with E-state index >= 15 is 0 Å². The minimum absolute atomic E-state index is 0.139. The van der Waals surface area contributed by atoms with Gasteiger partial charge in [-0.1, -0.05) is 18.2 Å². The van der Waals surface area contributed by atoms with E-state index in [1.54, 1.807) is 47.3 Å². The molecular formula is C20H17FN2O2S2. The molecule has 0 radical (unpaired) electrons. The fourth-order valence-electron chi connectivity index (χ4n) is 2.57. The van der Waals surface area contributed by atoms with Crippen LogP contribution in [0.3, 0.4) is 0 Å². The van der Waals surface area contributed by atoms with Gasteiger partial charge in [0.05, 0.1) is 18.0 Å². The zero-order valence-electron chi connectivity index (χ0n) is 14.3. The largest absolute Gasteiger partial charge is 0.758 e. The zero-order chi connectivity index (χ0) is 19.2. The molecule has 4 nitrogen and oxygen atoms in total. The molecule has 1 N–H and O–H groups in total. The number of carbonyl (C=O) groups excluding carboxylic acids is 1. The first-order valence-corrected chi connectivity index (χ1v) is 9.51. The van der Waals surface area contributed by atoms with E-state index in [9.17, 15) is 14.3 Å². The number of carbonyl (C=O) groups is 1. The maximum atomic E-state index is 13.0. The van der Waals surface area contributed by atoms with E-state index in [1.807, 2.05) is 11.4 Å². The molecule has 0 unspecified atom stereocenters. The highest BCUT2D eigenvalue weighted by atomic mass is 32.1. The Bertz CT molecular complexity index is 941. The zero-order valence-corrected chi connectivity index (χ0v) is 15.9. The van der Waals surface area contributed by atoms with Crippen LogP contribution in [0.1, 0.15) is 26.8 Å². The molecule has 0 amide bonds. The van der Waals surface area contributed by atoms with Crippen LogP contribution in [-0.2, 0) is 25.8 Å². The predicted octanol–water partition coefficient (Wildman–Crippen LogP) is 3.24. The summed E-state index contributed by atoms with van der Waals surface area (Å²) in [6.07, 6.45) is 3.42. The Morgan fingerprint density at radius 3 is 2.63 bits per heavy atom. The van der Waals surface area contributed by atoms with Crippen LogP contribution in [0.15, 0.2) is 71.3 Å². The molecule has 0 saturated heterocycles. The summed E-state index contributed by atoms with van der Waals surface area (Å²) in [5.74, 6) is -0.471. The van der Waals surface area contributed by atoms with Crippen molar-refractivity contribution in [1.29, 1.82) is 0 Å². The van der Waals surface area contributed by atoms with Crippen molar-refractivity contribution < 1.29 is 18.9 Å². The smallest absolute Gasteiger partial charge is 0.244 e. The summed E-state index contributed by atoms with van der Waals surface area (Å²) < 4.78 is 14.7.